The molecule has 0 spiro atoms. The Morgan fingerprint density at radius 3 is 2.73 bits per heavy atom. The van der Waals surface area contributed by atoms with E-state index in [-0.39, 0.29) is 0 Å². The first kappa shape index (κ1) is 16.6. The van der Waals surface area contributed by atoms with Crippen LogP contribution in [0.2, 0.25) is 0 Å². The summed E-state index contributed by atoms with van der Waals surface area (Å²) in [6.45, 7) is 0. The molecule has 0 atom stereocenters. The van der Waals surface area contributed by atoms with Gasteiger partial charge in [0.1, 0.15) is 11.2 Å². The van der Waals surface area contributed by atoms with Gasteiger partial charge in [-0.2, -0.15) is 10.2 Å². The van der Waals surface area contributed by atoms with Crippen molar-refractivity contribution in [2.75, 3.05) is 0 Å². The first-order valence-electron chi connectivity index (χ1n) is 9.49. The van der Waals surface area contributed by atoms with E-state index < -0.39 is 0 Å². The Kier molecular flexibility index (Phi) is 3.51. The molecule has 6 heterocycles. The molecule has 0 aliphatic carbocycles. The van der Waals surface area contributed by atoms with Crippen LogP contribution in [0, 0.1) is 0 Å². The lowest BCUT2D eigenvalue weighted by Gasteiger charge is -2.00. The Bertz CT molecular complexity index is 1510. The zero-order valence-corrected chi connectivity index (χ0v) is 16.0. The molecule has 0 saturated carbocycles. The highest BCUT2D eigenvalue weighted by Crippen LogP contribution is 2.32. The summed E-state index contributed by atoms with van der Waals surface area (Å²) in [4.78, 5) is 17.1. The fraction of sp³-hybridized carbons (Fsp3) is 0.0455. The summed E-state index contributed by atoms with van der Waals surface area (Å²) in [5, 5.41) is 12.9. The lowest BCUT2D eigenvalue weighted by molar-refractivity contribution is 0.768. The minimum atomic E-state index is 0.768. The molecule has 0 bridgehead atoms. The number of hydrogen-bond acceptors (Lipinski definition) is 5. The fourth-order valence-corrected chi connectivity index (χ4v) is 3.72. The van der Waals surface area contributed by atoms with Crippen molar-refractivity contribution in [1.82, 2.24) is 39.9 Å². The van der Waals surface area contributed by atoms with E-state index in [1.54, 1.807) is 17.1 Å². The second-order valence-electron chi connectivity index (χ2n) is 7.11. The second kappa shape index (κ2) is 6.35. The first-order valence-corrected chi connectivity index (χ1v) is 9.49. The van der Waals surface area contributed by atoms with Crippen LogP contribution in [0.3, 0.4) is 0 Å². The number of H-pyrrole nitrogens is 2. The Labute approximate surface area is 170 Å². The fourth-order valence-electron chi connectivity index (χ4n) is 3.72. The molecule has 0 amide bonds. The van der Waals surface area contributed by atoms with E-state index in [0.29, 0.717) is 0 Å². The predicted octanol–water partition coefficient (Wildman–Crippen LogP) is 3.96. The summed E-state index contributed by atoms with van der Waals surface area (Å²) in [7, 11) is 1.89. The van der Waals surface area contributed by atoms with Gasteiger partial charge in [0.05, 0.1) is 28.8 Å². The van der Waals surface area contributed by atoms with Gasteiger partial charge in [0.15, 0.2) is 0 Å². The van der Waals surface area contributed by atoms with Crippen LogP contribution >= 0.6 is 0 Å². The van der Waals surface area contributed by atoms with Crippen molar-refractivity contribution in [3.05, 3.63) is 67.4 Å². The molecule has 8 heteroatoms. The summed E-state index contributed by atoms with van der Waals surface area (Å²) in [5.74, 6) is 0. The van der Waals surface area contributed by atoms with Crippen LogP contribution in [-0.4, -0.2) is 39.9 Å². The molecule has 0 saturated heterocycles. The summed E-state index contributed by atoms with van der Waals surface area (Å²) < 4.78 is 1.77. The maximum atomic E-state index is 4.85. The van der Waals surface area contributed by atoms with E-state index in [0.717, 1.165) is 55.8 Å². The Hall–Kier alpha value is -4.33. The number of aryl methyl sites for hydroxylation is 1. The largest absolute Gasteiger partial charge is 0.353 e. The average molecular weight is 392 g/mol. The maximum Gasteiger partial charge on any atom is 0.135 e. The zero-order chi connectivity index (χ0) is 20.1. The maximum absolute atomic E-state index is 4.85. The van der Waals surface area contributed by atoms with E-state index in [1.165, 1.54) is 0 Å². The topological polar surface area (TPSA) is 101 Å². The van der Waals surface area contributed by atoms with Gasteiger partial charge in [0.2, 0.25) is 0 Å². The van der Waals surface area contributed by atoms with Crippen LogP contribution in [0.4, 0.5) is 0 Å². The van der Waals surface area contributed by atoms with Gasteiger partial charge in [-0.3, -0.25) is 19.7 Å². The van der Waals surface area contributed by atoms with Crippen molar-refractivity contribution in [2.24, 2.45) is 7.05 Å². The van der Waals surface area contributed by atoms with Gasteiger partial charge >= 0.3 is 0 Å². The van der Waals surface area contributed by atoms with Crippen LogP contribution in [0.5, 0.6) is 0 Å². The van der Waals surface area contributed by atoms with Crippen molar-refractivity contribution in [3.63, 3.8) is 0 Å². The van der Waals surface area contributed by atoms with Gasteiger partial charge < -0.3 is 4.98 Å². The number of aromatic nitrogens is 8. The number of rotatable bonds is 3. The van der Waals surface area contributed by atoms with Crippen LogP contribution < -0.4 is 0 Å². The number of hydrogen-bond donors (Lipinski definition) is 2. The van der Waals surface area contributed by atoms with E-state index >= 15 is 0 Å². The highest BCUT2D eigenvalue weighted by molar-refractivity contribution is 5.99. The standard InChI is InChI=1S/C22H16N8/c1-30-12-14(11-25-30)16-4-5-18-21(27-16)22(29-28-18)19-9-15-17(26-19)6-8-24-20(15)13-3-2-7-23-10-13/h2-12,26H,1H3,(H,28,29). The third kappa shape index (κ3) is 2.58. The molecule has 2 N–H and O–H groups in total. The molecule has 144 valence electrons. The van der Waals surface area contributed by atoms with E-state index in [1.807, 2.05) is 56.0 Å². The normalized spacial score (nSPS) is 11.5. The Morgan fingerprint density at radius 1 is 0.933 bits per heavy atom. The summed E-state index contributed by atoms with van der Waals surface area (Å²) in [6.07, 6.45) is 9.13. The summed E-state index contributed by atoms with van der Waals surface area (Å²) >= 11 is 0. The highest BCUT2D eigenvalue weighted by atomic mass is 15.2. The molecule has 0 aliphatic heterocycles. The molecular weight excluding hydrogens is 376 g/mol. The molecule has 0 aromatic carbocycles. The number of nitrogens with zero attached hydrogens (tertiary/aromatic N) is 6. The average Bonchev–Trinajstić information content (AvgIpc) is 3.50. The van der Waals surface area contributed by atoms with Crippen LogP contribution in [0.1, 0.15) is 0 Å². The molecule has 6 aromatic rings. The molecule has 30 heavy (non-hydrogen) atoms. The smallest absolute Gasteiger partial charge is 0.135 e. The number of aromatic amines is 2. The lowest BCUT2D eigenvalue weighted by Crippen LogP contribution is -1.86. The molecule has 0 radical (unpaired) electrons. The quantitative estimate of drug-likeness (QED) is 0.475. The zero-order valence-electron chi connectivity index (χ0n) is 16.0. The first-order chi connectivity index (χ1) is 14.8. The van der Waals surface area contributed by atoms with Gasteiger partial charge in [-0.1, -0.05) is 0 Å². The molecule has 0 aliphatic rings. The SMILES string of the molecule is Cn1cc(-c2ccc3[nH]nc(-c4cc5c(-c6cccnc6)nccc5[nH]4)c3n2)cn1. The van der Waals surface area contributed by atoms with E-state index in [2.05, 4.69) is 36.3 Å². The minimum absolute atomic E-state index is 0.768. The Morgan fingerprint density at radius 2 is 1.90 bits per heavy atom. The van der Waals surface area contributed by atoms with Crippen LogP contribution in [0.15, 0.2) is 67.4 Å². The second-order valence-corrected chi connectivity index (χ2v) is 7.11. The van der Waals surface area contributed by atoms with E-state index in [9.17, 15) is 0 Å². The molecule has 6 aromatic heterocycles. The van der Waals surface area contributed by atoms with Crippen LogP contribution in [-0.2, 0) is 7.05 Å². The van der Waals surface area contributed by atoms with Gasteiger partial charge in [-0.25, -0.2) is 4.98 Å². The van der Waals surface area contributed by atoms with Crippen molar-refractivity contribution < 1.29 is 0 Å². The summed E-state index contributed by atoms with van der Waals surface area (Å²) in [6, 6.07) is 11.9. The number of pyridine rings is 3. The third-order valence-electron chi connectivity index (χ3n) is 5.15. The van der Waals surface area contributed by atoms with Gasteiger partial charge in [0.25, 0.3) is 0 Å². The number of fused-ring (bicyclic) bond motifs is 2. The molecule has 8 nitrogen and oxygen atoms in total. The monoisotopic (exact) mass is 392 g/mol. The van der Waals surface area contributed by atoms with Crippen molar-refractivity contribution in [1.29, 1.82) is 0 Å². The van der Waals surface area contributed by atoms with Gasteiger partial charge in [-0.05, 0) is 36.4 Å². The molecule has 0 fully saturated rings. The van der Waals surface area contributed by atoms with Gasteiger partial charge in [0, 0.05) is 53.9 Å². The summed E-state index contributed by atoms with van der Waals surface area (Å²) in [5.41, 5.74) is 7.98. The van der Waals surface area contributed by atoms with Crippen LogP contribution in [0.25, 0.3) is 55.8 Å². The third-order valence-corrected chi connectivity index (χ3v) is 5.15. The van der Waals surface area contributed by atoms with Crippen molar-refractivity contribution >= 4 is 21.9 Å². The van der Waals surface area contributed by atoms with Crippen molar-refractivity contribution in [2.45, 2.75) is 0 Å². The minimum Gasteiger partial charge on any atom is -0.353 e. The van der Waals surface area contributed by atoms with E-state index in [4.69, 9.17) is 4.98 Å². The number of nitrogens with one attached hydrogen (secondary N) is 2. The Balaban J connectivity index is 1.52. The highest BCUT2D eigenvalue weighted by Gasteiger charge is 2.16. The lowest BCUT2D eigenvalue weighted by atomic mass is 10.1. The van der Waals surface area contributed by atoms with Gasteiger partial charge in [-0.15, -0.1) is 0 Å². The predicted molar refractivity (Wildman–Crippen MR) is 114 cm³/mol. The molecular formula is C22H16N8. The molecule has 6 rings (SSSR count). The van der Waals surface area contributed by atoms with Crippen molar-refractivity contribution in [3.8, 4) is 33.9 Å². The molecule has 0 unspecified atom stereocenters.